The summed E-state index contributed by atoms with van der Waals surface area (Å²) in [5, 5.41) is 14.2. The number of nitrogens with zero attached hydrogens (tertiary/aromatic N) is 1. The number of allylic oxidation sites excluding steroid dienone is 1. The highest BCUT2D eigenvalue weighted by molar-refractivity contribution is 5.86. The molecule has 0 saturated carbocycles. The van der Waals surface area contributed by atoms with Gasteiger partial charge >= 0.3 is 5.97 Å². The van der Waals surface area contributed by atoms with Crippen molar-refractivity contribution in [1.29, 1.82) is 0 Å². The van der Waals surface area contributed by atoms with E-state index in [-0.39, 0.29) is 0 Å². The Morgan fingerprint density at radius 2 is 2.50 bits per heavy atom. The van der Waals surface area contributed by atoms with Crippen LogP contribution in [0.3, 0.4) is 0 Å². The molecule has 0 aromatic rings. The van der Waals surface area contributed by atoms with Crippen LogP contribution in [0.15, 0.2) is 16.9 Å². The van der Waals surface area contributed by atoms with Gasteiger partial charge in [0.2, 0.25) is 5.66 Å². The average molecular weight is 169 g/mol. The summed E-state index contributed by atoms with van der Waals surface area (Å²) >= 11 is 0. The molecule has 0 fully saturated rings. The third kappa shape index (κ3) is 1.39. The highest BCUT2D eigenvalue weighted by atomic mass is 16.4. The van der Waals surface area contributed by atoms with E-state index in [1.165, 1.54) is 13.1 Å². The predicted molar refractivity (Wildman–Crippen MR) is 44.8 cm³/mol. The molecule has 1 unspecified atom stereocenters. The molecule has 0 spiro atoms. The number of carboxylic acids is 1. The maximum Gasteiger partial charge on any atom is 0.352 e. The molecule has 66 valence electrons. The van der Waals surface area contributed by atoms with Crippen LogP contribution in [0.25, 0.3) is 0 Å². The first-order chi connectivity index (χ1) is 5.58. The van der Waals surface area contributed by atoms with Crippen LogP contribution in [-0.2, 0) is 4.79 Å². The highest BCUT2D eigenvalue weighted by Crippen LogP contribution is 2.09. The molecule has 0 aliphatic carbocycles. The van der Waals surface area contributed by atoms with Gasteiger partial charge in [0.25, 0.3) is 0 Å². The largest absolute Gasteiger partial charge is 0.478 e. The molecule has 0 aromatic heterocycles. The van der Waals surface area contributed by atoms with Crippen LogP contribution in [0.5, 0.6) is 0 Å². The monoisotopic (exact) mass is 169 g/mol. The molecule has 1 aliphatic heterocycles. The van der Waals surface area contributed by atoms with Crippen molar-refractivity contribution in [2.75, 3.05) is 7.05 Å². The van der Waals surface area contributed by atoms with Crippen LogP contribution in [0, 0.1) is 0 Å². The van der Waals surface area contributed by atoms with Gasteiger partial charge in [-0.3, -0.25) is 4.99 Å². The normalized spacial score (nSPS) is 27.3. The fourth-order valence-electron chi connectivity index (χ4n) is 0.745. The summed E-state index contributed by atoms with van der Waals surface area (Å²) in [6, 6.07) is 0. The summed E-state index contributed by atoms with van der Waals surface area (Å²) in [6.07, 6.45) is 3.08. The van der Waals surface area contributed by atoms with E-state index in [9.17, 15) is 4.79 Å². The standard InChI is InChI=1S/C7H11N3O2/c1-7(6(11)12)9-3-5(8-2)4-10-7/h3-4,8-9H,1-2H3,(H,11,12). The number of hydrogen-bond acceptors (Lipinski definition) is 4. The molecule has 1 atom stereocenters. The lowest BCUT2D eigenvalue weighted by molar-refractivity contribution is -0.143. The van der Waals surface area contributed by atoms with E-state index in [2.05, 4.69) is 15.6 Å². The number of nitrogens with one attached hydrogen (secondary N) is 2. The smallest absolute Gasteiger partial charge is 0.352 e. The molecule has 5 heteroatoms. The molecule has 3 N–H and O–H groups in total. The molecule has 5 nitrogen and oxygen atoms in total. The van der Waals surface area contributed by atoms with Gasteiger partial charge in [0.1, 0.15) is 0 Å². The number of aliphatic imine (C=N–C) groups is 1. The van der Waals surface area contributed by atoms with Crippen molar-refractivity contribution in [3.8, 4) is 0 Å². The predicted octanol–water partition coefficient (Wildman–Crippen LogP) is -0.478. The first-order valence-electron chi connectivity index (χ1n) is 3.53. The van der Waals surface area contributed by atoms with Crippen molar-refractivity contribution in [3.63, 3.8) is 0 Å². The van der Waals surface area contributed by atoms with Crippen LogP contribution in [0.4, 0.5) is 0 Å². The van der Waals surface area contributed by atoms with Gasteiger partial charge in [0.05, 0.1) is 5.70 Å². The van der Waals surface area contributed by atoms with E-state index in [1.807, 2.05) is 0 Å². The Labute approximate surface area is 70.2 Å². The third-order valence-corrected chi connectivity index (χ3v) is 1.68. The SMILES string of the molecule is CNC1=CNC(C)(C(=O)O)N=C1. The second kappa shape index (κ2) is 2.84. The molecule has 1 heterocycles. The third-order valence-electron chi connectivity index (χ3n) is 1.68. The highest BCUT2D eigenvalue weighted by Gasteiger charge is 2.32. The minimum absolute atomic E-state index is 0.758. The maximum absolute atomic E-state index is 10.6. The Balaban J connectivity index is 2.76. The molecular formula is C7H11N3O2. The summed E-state index contributed by atoms with van der Waals surface area (Å²) in [5.41, 5.74) is -0.464. The lowest BCUT2D eigenvalue weighted by atomic mass is 10.2. The van der Waals surface area contributed by atoms with Gasteiger partial charge in [-0.15, -0.1) is 0 Å². The van der Waals surface area contributed by atoms with E-state index >= 15 is 0 Å². The van der Waals surface area contributed by atoms with Crippen LogP contribution in [-0.4, -0.2) is 30.0 Å². The van der Waals surface area contributed by atoms with Crippen molar-refractivity contribution < 1.29 is 9.90 Å². The molecule has 0 amide bonds. The number of hydrogen-bond donors (Lipinski definition) is 3. The molecular weight excluding hydrogens is 158 g/mol. The van der Waals surface area contributed by atoms with Crippen molar-refractivity contribution >= 4 is 12.2 Å². The Kier molecular flexibility index (Phi) is 2.03. The molecule has 0 saturated heterocycles. The zero-order valence-electron chi connectivity index (χ0n) is 6.96. The van der Waals surface area contributed by atoms with Crippen molar-refractivity contribution in [2.45, 2.75) is 12.6 Å². The van der Waals surface area contributed by atoms with Crippen molar-refractivity contribution in [1.82, 2.24) is 10.6 Å². The summed E-state index contributed by atoms with van der Waals surface area (Å²) < 4.78 is 0. The Bertz CT molecular complexity index is 259. The maximum atomic E-state index is 10.6. The van der Waals surface area contributed by atoms with E-state index in [0.717, 1.165) is 5.70 Å². The number of carbonyl (C=O) groups is 1. The quantitative estimate of drug-likeness (QED) is 0.522. The summed E-state index contributed by atoms with van der Waals surface area (Å²) in [4.78, 5) is 14.5. The molecule has 0 bridgehead atoms. The minimum Gasteiger partial charge on any atom is -0.478 e. The van der Waals surface area contributed by atoms with Gasteiger partial charge in [-0.25, -0.2) is 4.79 Å². The van der Waals surface area contributed by atoms with E-state index in [1.54, 1.807) is 13.2 Å². The molecule has 0 radical (unpaired) electrons. The van der Waals surface area contributed by atoms with E-state index < -0.39 is 11.6 Å². The average Bonchev–Trinajstić information content (AvgIpc) is 2.06. The lowest BCUT2D eigenvalue weighted by Crippen LogP contribution is -2.47. The molecule has 0 aromatic carbocycles. The Morgan fingerprint density at radius 1 is 1.83 bits per heavy atom. The fraction of sp³-hybridized carbons (Fsp3) is 0.429. The first-order valence-corrected chi connectivity index (χ1v) is 3.53. The summed E-state index contributed by atoms with van der Waals surface area (Å²) in [7, 11) is 1.74. The van der Waals surface area contributed by atoms with Crippen LogP contribution in [0.2, 0.25) is 0 Å². The lowest BCUT2D eigenvalue weighted by Gasteiger charge is -2.24. The zero-order chi connectivity index (χ0) is 9.19. The van der Waals surface area contributed by atoms with Crippen molar-refractivity contribution in [2.24, 2.45) is 4.99 Å². The van der Waals surface area contributed by atoms with Gasteiger partial charge in [-0.2, -0.15) is 0 Å². The van der Waals surface area contributed by atoms with Gasteiger partial charge in [0, 0.05) is 19.5 Å². The Morgan fingerprint density at radius 3 is 2.83 bits per heavy atom. The van der Waals surface area contributed by atoms with Gasteiger partial charge in [0.15, 0.2) is 0 Å². The van der Waals surface area contributed by atoms with E-state index in [4.69, 9.17) is 5.11 Å². The summed E-state index contributed by atoms with van der Waals surface area (Å²) in [5.74, 6) is -0.995. The van der Waals surface area contributed by atoms with Crippen LogP contribution in [0.1, 0.15) is 6.92 Å². The minimum atomic E-state index is -1.22. The number of carboxylic acid groups (broad SMARTS) is 1. The van der Waals surface area contributed by atoms with Crippen molar-refractivity contribution in [3.05, 3.63) is 11.9 Å². The fourth-order valence-corrected chi connectivity index (χ4v) is 0.745. The molecule has 1 rings (SSSR count). The summed E-state index contributed by atoms with van der Waals surface area (Å²) in [6.45, 7) is 1.49. The molecule has 1 aliphatic rings. The Hall–Kier alpha value is -1.52. The van der Waals surface area contributed by atoms with Gasteiger partial charge in [-0.05, 0) is 6.92 Å². The number of aliphatic carboxylic acids is 1. The van der Waals surface area contributed by atoms with E-state index in [0.29, 0.717) is 0 Å². The van der Waals surface area contributed by atoms with Crippen LogP contribution < -0.4 is 10.6 Å². The van der Waals surface area contributed by atoms with Gasteiger partial charge < -0.3 is 15.7 Å². The zero-order valence-corrected chi connectivity index (χ0v) is 6.96. The second-order valence-electron chi connectivity index (χ2n) is 2.63. The van der Waals surface area contributed by atoms with Gasteiger partial charge in [-0.1, -0.05) is 0 Å². The molecule has 12 heavy (non-hydrogen) atoms. The number of rotatable bonds is 2. The van der Waals surface area contributed by atoms with Crippen LogP contribution >= 0.6 is 0 Å². The topological polar surface area (TPSA) is 73.7 Å². The first kappa shape index (κ1) is 8.58. The second-order valence-corrected chi connectivity index (χ2v) is 2.63.